The third-order valence-corrected chi connectivity index (χ3v) is 5.22. The van der Waals surface area contributed by atoms with Gasteiger partial charge in [0.1, 0.15) is 5.76 Å². The molecule has 1 N–H and O–H groups in total. The molecule has 2 aliphatic rings. The number of benzene rings is 2. The lowest BCUT2D eigenvalue weighted by atomic mass is 9.69. The number of rotatable bonds is 3. The van der Waals surface area contributed by atoms with Crippen molar-refractivity contribution in [2.45, 2.75) is 5.92 Å². The van der Waals surface area contributed by atoms with E-state index in [9.17, 15) is 14.7 Å². The quantitative estimate of drug-likeness (QED) is 0.639. The molecule has 1 heterocycles. The number of hydrogen-bond donors (Lipinski definition) is 1. The minimum Gasteiger partial charge on any atom is -0.510 e. The van der Waals surface area contributed by atoms with E-state index in [1.807, 2.05) is 78.9 Å². The maximum absolute atomic E-state index is 12.9. The Morgan fingerprint density at radius 1 is 0.964 bits per heavy atom. The highest BCUT2D eigenvalue weighted by molar-refractivity contribution is 6.03. The van der Waals surface area contributed by atoms with Crippen LogP contribution in [-0.4, -0.2) is 17.0 Å². The number of hydrogen-bond acceptors (Lipinski definition) is 4. The van der Waals surface area contributed by atoms with Crippen molar-refractivity contribution in [1.82, 2.24) is 0 Å². The maximum Gasteiger partial charge on any atom is 0.341 e. The number of esters is 2. The number of aliphatic hydroxyl groups is 1. The summed E-state index contributed by atoms with van der Waals surface area (Å²) in [5, 5.41) is 10.7. The molecule has 4 rings (SSSR count). The lowest BCUT2D eigenvalue weighted by molar-refractivity contribution is -0.165. The molecule has 1 spiro atoms. The minimum absolute atomic E-state index is 0.341. The molecule has 0 saturated carbocycles. The van der Waals surface area contributed by atoms with Crippen molar-refractivity contribution >= 4 is 18.0 Å². The van der Waals surface area contributed by atoms with Gasteiger partial charge in [-0.3, -0.25) is 4.79 Å². The fraction of sp³-hybridized carbons (Fsp3) is 0.0833. The molecule has 0 amide bonds. The predicted molar refractivity (Wildman–Crippen MR) is 106 cm³/mol. The summed E-state index contributed by atoms with van der Waals surface area (Å²) in [6.45, 7) is 4.09. The van der Waals surface area contributed by atoms with Gasteiger partial charge in [-0.1, -0.05) is 85.5 Å². The Morgan fingerprint density at radius 3 is 2.25 bits per heavy atom. The summed E-state index contributed by atoms with van der Waals surface area (Å²) in [7, 11) is 0. The molecule has 0 aromatic heterocycles. The topological polar surface area (TPSA) is 63.6 Å². The van der Waals surface area contributed by atoms with Crippen molar-refractivity contribution < 1.29 is 19.4 Å². The molecule has 28 heavy (non-hydrogen) atoms. The minimum atomic E-state index is -1.54. The molecule has 0 saturated heterocycles. The molecule has 1 aliphatic carbocycles. The largest absolute Gasteiger partial charge is 0.510 e. The average molecular weight is 370 g/mol. The van der Waals surface area contributed by atoms with Crippen LogP contribution in [0, 0.1) is 5.41 Å². The number of cyclic esters (lactones) is 2. The molecule has 2 aromatic carbocycles. The van der Waals surface area contributed by atoms with E-state index in [-0.39, 0.29) is 5.76 Å². The smallest absolute Gasteiger partial charge is 0.341 e. The third-order valence-electron chi connectivity index (χ3n) is 5.22. The Morgan fingerprint density at radius 2 is 1.61 bits per heavy atom. The van der Waals surface area contributed by atoms with Crippen molar-refractivity contribution in [3.63, 3.8) is 0 Å². The van der Waals surface area contributed by atoms with E-state index in [0.29, 0.717) is 11.1 Å². The van der Waals surface area contributed by atoms with Crippen molar-refractivity contribution in [3.05, 3.63) is 114 Å². The number of carbonyl (C=O) groups excluding carboxylic acids is 2. The molecule has 1 aliphatic heterocycles. The summed E-state index contributed by atoms with van der Waals surface area (Å²) in [4.78, 5) is 24.5. The molecule has 0 bridgehead atoms. The lowest BCUT2D eigenvalue weighted by Crippen LogP contribution is -2.43. The molecule has 0 fully saturated rings. The van der Waals surface area contributed by atoms with Crippen LogP contribution in [0.25, 0.3) is 6.08 Å². The van der Waals surface area contributed by atoms with Gasteiger partial charge >= 0.3 is 11.9 Å². The van der Waals surface area contributed by atoms with E-state index in [1.54, 1.807) is 0 Å². The highest BCUT2D eigenvalue weighted by Crippen LogP contribution is 2.57. The zero-order valence-electron chi connectivity index (χ0n) is 15.0. The van der Waals surface area contributed by atoms with E-state index >= 15 is 0 Å². The second-order valence-corrected chi connectivity index (χ2v) is 6.78. The predicted octanol–water partition coefficient (Wildman–Crippen LogP) is 4.49. The molecule has 0 radical (unpaired) electrons. The number of allylic oxidation sites excluding steroid dienone is 3. The zero-order valence-corrected chi connectivity index (χ0v) is 15.0. The molecule has 2 aromatic rings. The first-order chi connectivity index (χ1) is 13.5. The van der Waals surface area contributed by atoms with Gasteiger partial charge in [0.05, 0.1) is 6.08 Å². The number of aliphatic hydroxyl groups excluding tert-OH is 1. The third kappa shape index (κ3) is 2.70. The van der Waals surface area contributed by atoms with Gasteiger partial charge in [0.15, 0.2) is 5.41 Å². The van der Waals surface area contributed by atoms with Crippen LogP contribution in [0.1, 0.15) is 17.0 Å². The van der Waals surface area contributed by atoms with Gasteiger partial charge in [-0.25, -0.2) is 4.79 Å². The van der Waals surface area contributed by atoms with Crippen molar-refractivity contribution in [3.8, 4) is 0 Å². The maximum atomic E-state index is 12.9. The number of ether oxygens (including phenoxy) is 1. The van der Waals surface area contributed by atoms with Gasteiger partial charge in [0, 0.05) is 5.92 Å². The fourth-order valence-corrected chi connectivity index (χ4v) is 3.83. The van der Waals surface area contributed by atoms with Crippen molar-refractivity contribution in [1.29, 1.82) is 0 Å². The Kier molecular flexibility index (Phi) is 4.32. The van der Waals surface area contributed by atoms with Crippen LogP contribution in [0.5, 0.6) is 0 Å². The van der Waals surface area contributed by atoms with Crippen LogP contribution in [0.3, 0.4) is 0 Å². The second kappa shape index (κ2) is 6.82. The van der Waals surface area contributed by atoms with E-state index in [2.05, 4.69) is 6.58 Å². The van der Waals surface area contributed by atoms with Crippen molar-refractivity contribution in [2.24, 2.45) is 5.41 Å². The van der Waals surface area contributed by atoms with Crippen LogP contribution in [0.4, 0.5) is 0 Å². The molecule has 138 valence electrons. The molecule has 2 atom stereocenters. The highest BCUT2D eigenvalue weighted by Gasteiger charge is 2.59. The molecule has 2 unspecified atom stereocenters. The molecule has 4 nitrogen and oxygen atoms in total. The van der Waals surface area contributed by atoms with Crippen LogP contribution >= 0.6 is 0 Å². The monoisotopic (exact) mass is 370 g/mol. The van der Waals surface area contributed by atoms with Gasteiger partial charge < -0.3 is 9.84 Å². The Bertz CT molecular complexity index is 1040. The average Bonchev–Trinajstić information content (AvgIpc) is 3.00. The highest BCUT2D eigenvalue weighted by atomic mass is 16.6. The van der Waals surface area contributed by atoms with Crippen LogP contribution in [-0.2, 0) is 14.3 Å². The standard InChI is InChI=1S/C24H18O4/c1-16-19(13-12-17-8-4-2-5-9-17)14-20(18-10-6-3-7-11-18)24(16)21(25)15-22(26)28-23(24)27/h2-15,20,25H,1H2/b13-12+. The summed E-state index contributed by atoms with van der Waals surface area (Å²) in [5.41, 5.74) is 1.39. The lowest BCUT2D eigenvalue weighted by Gasteiger charge is -2.35. The molecular formula is C24H18O4. The van der Waals surface area contributed by atoms with Gasteiger partial charge in [-0.2, -0.15) is 0 Å². The van der Waals surface area contributed by atoms with Crippen LogP contribution < -0.4 is 0 Å². The van der Waals surface area contributed by atoms with E-state index in [0.717, 1.165) is 17.2 Å². The second-order valence-electron chi connectivity index (χ2n) is 6.78. The summed E-state index contributed by atoms with van der Waals surface area (Å²) >= 11 is 0. The normalized spacial score (nSPS) is 24.4. The number of carbonyl (C=O) groups is 2. The first-order valence-electron chi connectivity index (χ1n) is 8.90. The van der Waals surface area contributed by atoms with E-state index < -0.39 is 23.3 Å². The Balaban J connectivity index is 1.84. The SMILES string of the molecule is C=C1C(/C=C/c2ccccc2)=CC(c2ccccc2)C12C(=O)OC(=O)C=C2O. The molecular weight excluding hydrogens is 352 g/mol. The van der Waals surface area contributed by atoms with Gasteiger partial charge in [0.25, 0.3) is 0 Å². The van der Waals surface area contributed by atoms with Crippen molar-refractivity contribution in [2.75, 3.05) is 0 Å². The first-order valence-corrected chi connectivity index (χ1v) is 8.90. The summed E-state index contributed by atoms with van der Waals surface area (Å²) in [6.07, 6.45) is 6.62. The van der Waals surface area contributed by atoms with Gasteiger partial charge in [-0.15, -0.1) is 0 Å². The van der Waals surface area contributed by atoms with Crippen LogP contribution in [0.15, 0.2) is 102 Å². The molecule has 4 heteroatoms. The Labute approximate surface area is 162 Å². The van der Waals surface area contributed by atoms with E-state index in [4.69, 9.17) is 4.74 Å². The zero-order chi connectivity index (χ0) is 19.7. The summed E-state index contributed by atoms with van der Waals surface area (Å²) < 4.78 is 4.90. The van der Waals surface area contributed by atoms with Crippen LogP contribution in [0.2, 0.25) is 0 Å². The summed E-state index contributed by atoms with van der Waals surface area (Å²) in [6, 6.07) is 19.1. The summed E-state index contributed by atoms with van der Waals surface area (Å²) in [5.74, 6) is -2.56. The van der Waals surface area contributed by atoms with E-state index in [1.165, 1.54) is 0 Å². The first kappa shape index (κ1) is 17.7. The van der Waals surface area contributed by atoms with Gasteiger partial charge in [0.2, 0.25) is 0 Å². The fourth-order valence-electron chi connectivity index (χ4n) is 3.83. The Hall–Kier alpha value is -3.66. The van der Waals surface area contributed by atoms with Gasteiger partial charge in [-0.05, 0) is 22.3 Å².